The van der Waals surface area contributed by atoms with Gasteiger partial charge in [0.2, 0.25) is 0 Å². The monoisotopic (exact) mass is 274 g/mol. The summed E-state index contributed by atoms with van der Waals surface area (Å²) in [5.74, 6) is 0.956. The minimum absolute atomic E-state index is 0.650. The van der Waals surface area contributed by atoms with Crippen LogP contribution in [0, 0.1) is 0 Å². The molecule has 1 rings (SSSR count). The van der Waals surface area contributed by atoms with Crippen LogP contribution >= 0.6 is 0 Å². The Morgan fingerprint density at radius 1 is 1.14 bits per heavy atom. The second kappa shape index (κ2) is 5.01. The molecule has 0 aromatic heterocycles. The molecule has 3 heteroatoms. The Kier molecular flexibility index (Phi) is 4.23. The summed E-state index contributed by atoms with van der Waals surface area (Å²) in [6.07, 6.45) is 0. The Morgan fingerprint density at radius 3 is 2.14 bits per heavy atom. The maximum atomic E-state index is 5.13. The van der Waals surface area contributed by atoms with Crippen LogP contribution in [0.4, 0.5) is 0 Å². The van der Waals surface area contributed by atoms with E-state index < -0.39 is 8.07 Å². The summed E-state index contributed by atoms with van der Waals surface area (Å²) in [4.78, 5) is 1.42. The molecule has 0 heterocycles. The zero-order valence-electron chi connectivity index (χ0n) is 9.33. The summed E-state index contributed by atoms with van der Waals surface area (Å²) in [5, 5.41) is 0. The second-order valence-corrected chi connectivity index (χ2v) is 13.3. The molecule has 0 aliphatic rings. The third kappa shape index (κ3) is 4.31. The van der Waals surface area contributed by atoms with Crippen LogP contribution in [0.3, 0.4) is 0 Å². The van der Waals surface area contributed by atoms with Gasteiger partial charge in [-0.3, -0.25) is 0 Å². The van der Waals surface area contributed by atoms with Gasteiger partial charge in [-0.1, -0.05) is 0 Å². The minimum atomic E-state index is -0.865. The van der Waals surface area contributed by atoms with Gasteiger partial charge in [0.1, 0.15) is 0 Å². The summed E-state index contributed by atoms with van der Waals surface area (Å²) >= 11 is 0.650. The van der Waals surface area contributed by atoms with Crippen molar-refractivity contribution in [2.75, 3.05) is 7.11 Å². The third-order valence-corrected chi connectivity index (χ3v) is 10.4. The molecule has 0 unspecified atom stereocenters. The Morgan fingerprint density at radius 2 is 1.71 bits per heavy atom. The van der Waals surface area contributed by atoms with Crippen molar-refractivity contribution in [3.63, 3.8) is 0 Å². The van der Waals surface area contributed by atoms with Crippen LogP contribution in [0.15, 0.2) is 24.3 Å². The molecular weight excluding hydrogens is 255 g/mol. The third-order valence-electron chi connectivity index (χ3n) is 1.73. The van der Waals surface area contributed by atoms with E-state index in [1.54, 1.807) is 7.11 Å². The Balaban J connectivity index is 2.52. The first-order chi connectivity index (χ1) is 6.51. The van der Waals surface area contributed by atoms with Crippen LogP contribution in [0.5, 0.6) is 5.75 Å². The molecule has 1 aromatic carbocycles. The zero-order chi connectivity index (χ0) is 10.6. The molecule has 14 heavy (non-hydrogen) atoms. The summed E-state index contributed by atoms with van der Waals surface area (Å²) in [6.45, 7) is 7.29. The molecule has 0 radical (unpaired) electrons. The molecule has 0 spiro atoms. The number of hydrogen-bond donors (Lipinski definition) is 0. The van der Waals surface area contributed by atoms with E-state index in [1.807, 2.05) is 0 Å². The van der Waals surface area contributed by atoms with Gasteiger partial charge in [0, 0.05) is 0 Å². The first kappa shape index (κ1) is 11.8. The number of methoxy groups -OCH3 is 1. The van der Waals surface area contributed by atoms with Crippen molar-refractivity contribution in [3.05, 3.63) is 24.3 Å². The molecular formula is C11H18OSeSi. The molecule has 1 nitrogen and oxygen atoms in total. The summed E-state index contributed by atoms with van der Waals surface area (Å²) < 4.78 is 6.62. The standard InChI is InChI=1S/C11H18OSeSi/c1-12-10-5-7-11(8-6-10)13-9-14(2,3)4/h5-8H,9H2,1-4H3. The van der Waals surface area contributed by atoms with Crippen LogP contribution in [0.25, 0.3) is 0 Å². The first-order valence-corrected chi connectivity index (χ1v) is 10.6. The first-order valence-electron chi connectivity index (χ1n) is 4.78. The summed E-state index contributed by atoms with van der Waals surface area (Å²) in [6, 6.07) is 8.50. The van der Waals surface area contributed by atoms with Gasteiger partial charge >= 0.3 is 93.9 Å². The van der Waals surface area contributed by atoms with Crippen LogP contribution in [0.1, 0.15) is 0 Å². The fourth-order valence-corrected chi connectivity index (χ4v) is 6.04. The number of hydrogen-bond acceptors (Lipinski definition) is 1. The van der Waals surface area contributed by atoms with Crippen molar-refractivity contribution >= 4 is 27.5 Å². The predicted octanol–water partition coefficient (Wildman–Crippen LogP) is 2.32. The normalized spacial score (nSPS) is 11.4. The van der Waals surface area contributed by atoms with Gasteiger partial charge in [0.05, 0.1) is 0 Å². The van der Waals surface area contributed by atoms with Gasteiger partial charge in [0.15, 0.2) is 0 Å². The second-order valence-electron chi connectivity index (χ2n) is 4.52. The Hall–Kier alpha value is -0.244. The van der Waals surface area contributed by atoms with Crippen molar-refractivity contribution in [2.45, 2.75) is 24.6 Å². The maximum absolute atomic E-state index is 5.13. The molecule has 1 aromatic rings. The molecule has 0 aliphatic heterocycles. The molecule has 78 valence electrons. The molecule has 0 saturated heterocycles. The molecule has 0 atom stereocenters. The number of rotatable bonds is 4. The van der Waals surface area contributed by atoms with E-state index in [0.717, 1.165) is 5.75 Å². The molecule has 0 fully saturated rings. The predicted molar refractivity (Wildman–Crippen MR) is 66.5 cm³/mol. The van der Waals surface area contributed by atoms with Gasteiger partial charge < -0.3 is 0 Å². The van der Waals surface area contributed by atoms with Gasteiger partial charge in [-0.15, -0.1) is 0 Å². The number of ether oxygens (including phenoxy) is 1. The molecule has 0 bridgehead atoms. The van der Waals surface area contributed by atoms with Gasteiger partial charge in [-0.2, -0.15) is 0 Å². The average Bonchev–Trinajstić information content (AvgIpc) is 2.14. The average molecular weight is 273 g/mol. The fraction of sp³-hybridized carbons (Fsp3) is 0.455. The topological polar surface area (TPSA) is 9.23 Å². The Labute approximate surface area is 94.0 Å². The summed E-state index contributed by atoms with van der Waals surface area (Å²) in [7, 11) is 0.845. The van der Waals surface area contributed by atoms with Gasteiger partial charge in [-0.25, -0.2) is 0 Å². The van der Waals surface area contributed by atoms with Gasteiger partial charge in [0.25, 0.3) is 0 Å². The van der Waals surface area contributed by atoms with Crippen LogP contribution in [0.2, 0.25) is 24.6 Å². The van der Waals surface area contributed by atoms with Crippen molar-refractivity contribution in [1.82, 2.24) is 0 Å². The fourth-order valence-electron chi connectivity index (χ4n) is 0.972. The number of benzene rings is 1. The SMILES string of the molecule is COc1ccc([Se]C[Si](C)(C)C)cc1. The summed E-state index contributed by atoms with van der Waals surface area (Å²) in [5.41, 5.74) is 0. The van der Waals surface area contributed by atoms with E-state index in [1.165, 1.54) is 9.40 Å². The molecule has 0 amide bonds. The van der Waals surface area contributed by atoms with Crippen molar-refractivity contribution < 1.29 is 4.74 Å². The van der Waals surface area contributed by atoms with E-state index in [-0.39, 0.29) is 0 Å². The van der Waals surface area contributed by atoms with Crippen LogP contribution in [-0.4, -0.2) is 30.1 Å². The van der Waals surface area contributed by atoms with E-state index in [9.17, 15) is 0 Å². The quantitative estimate of drug-likeness (QED) is 0.765. The molecule has 0 aliphatic carbocycles. The van der Waals surface area contributed by atoms with E-state index in [2.05, 4.69) is 43.9 Å². The Bertz CT molecular complexity index is 276. The van der Waals surface area contributed by atoms with Crippen LogP contribution < -0.4 is 9.20 Å². The van der Waals surface area contributed by atoms with E-state index >= 15 is 0 Å². The molecule has 0 saturated carbocycles. The van der Waals surface area contributed by atoms with E-state index in [4.69, 9.17) is 4.74 Å². The molecule has 0 N–H and O–H groups in total. The van der Waals surface area contributed by atoms with Crippen molar-refractivity contribution in [3.8, 4) is 5.75 Å². The van der Waals surface area contributed by atoms with E-state index in [0.29, 0.717) is 15.0 Å². The van der Waals surface area contributed by atoms with Gasteiger partial charge in [-0.05, 0) is 0 Å². The van der Waals surface area contributed by atoms with Crippen molar-refractivity contribution in [2.24, 2.45) is 0 Å². The zero-order valence-corrected chi connectivity index (χ0v) is 12.0. The van der Waals surface area contributed by atoms with Crippen molar-refractivity contribution in [1.29, 1.82) is 0 Å². The van der Waals surface area contributed by atoms with Crippen LogP contribution in [-0.2, 0) is 0 Å².